The number of aromatic carboxylic acids is 3. The van der Waals surface area contributed by atoms with Gasteiger partial charge < -0.3 is 20.4 Å². The molecule has 0 spiro atoms. The number of aliphatic imine (C=N–C) groups is 1. The Labute approximate surface area is 362 Å². The van der Waals surface area contributed by atoms with Crippen LogP contribution in [0, 0.1) is 0 Å². The maximum Gasteiger partial charge on any atom is 0.354 e. The van der Waals surface area contributed by atoms with Gasteiger partial charge in [-0.2, -0.15) is 4.99 Å². The van der Waals surface area contributed by atoms with Crippen LogP contribution in [0.2, 0.25) is 0 Å². The van der Waals surface area contributed by atoms with E-state index in [9.17, 15) is 34.8 Å². The van der Waals surface area contributed by atoms with Crippen molar-refractivity contribution in [2.45, 2.75) is 58.5 Å². The first-order chi connectivity index (χ1) is 29.9. The summed E-state index contributed by atoms with van der Waals surface area (Å²) in [4.78, 5) is 66.3. The molecule has 0 unspecified atom stereocenters. The number of aryl methyl sites for hydroxylation is 2. The van der Waals surface area contributed by atoms with Crippen LogP contribution in [0.15, 0.2) is 121 Å². The number of hydrogen-bond donors (Lipinski definition) is 4. The van der Waals surface area contributed by atoms with Crippen LogP contribution in [0.3, 0.4) is 0 Å². The molecule has 0 bridgehead atoms. The molecule has 0 aliphatic carbocycles. The SMILES string of the molecule is C=C(O)c1cccc(CN(Cc2cc(CCCc3ccc(N=C=S)cc3)cc(CN(Cc3cccc(C(=O)O)n3)Cc3cccc(C(=O)O)n3)n2)Cc2cccc(C(=O)O)n2)n1. The van der Waals surface area contributed by atoms with E-state index in [0.717, 1.165) is 29.7 Å². The molecule has 6 aromatic rings. The van der Waals surface area contributed by atoms with E-state index in [2.05, 4.69) is 36.7 Å². The largest absolute Gasteiger partial charge is 0.506 e. The van der Waals surface area contributed by atoms with Crippen molar-refractivity contribution in [1.29, 1.82) is 0 Å². The average Bonchev–Trinajstić information content (AvgIpc) is 3.24. The van der Waals surface area contributed by atoms with Crippen molar-refractivity contribution in [2.75, 3.05) is 0 Å². The molecule has 62 heavy (non-hydrogen) atoms. The van der Waals surface area contributed by atoms with Gasteiger partial charge in [-0.05, 0) is 115 Å². The minimum Gasteiger partial charge on any atom is -0.506 e. The molecule has 15 nitrogen and oxygen atoms in total. The summed E-state index contributed by atoms with van der Waals surface area (Å²) in [5.74, 6) is -3.64. The van der Waals surface area contributed by atoms with Crippen molar-refractivity contribution in [3.63, 3.8) is 0 Å². The topological polar surface area (TPSA) is 215 Å². The second kappa shape index (κ2) is 21.2. The van der Waals surface area contributed by atoms with Crippen molar-refractivity contribution in [3.8, 4) is 0 Å². The lowest BCUT2D eigenvalue weighted by atomic mass is 10.0. The Bertz CT molecular complexity index is 2370. The predicted molar refractivity (Wildman–Crippen MR) is 233 cm³/mol. The quantitative estimate of drug-likeness (QED) is 0.0312. The Balaban J connectivity index is 1.36. The summed E-state index contributed by atoms with van der Waals surface area (Å²) < 4.78 is 0. The highest BCUT2D eigenvalue weighted by Gasteiger charge is 2.18. The zero-order valence-corrected chi connectivity index (χ0v) is 34.3. The molecule has 314 valence electrons. The number of carboxylic acids is 3. The number of carboxylic acid groups (broad SMARTS) is 3. The third kappa shape index (κ3) is 13.1. The lowest BCUT2D eigenvalue weighted by Crippen LogP contribution is -2.26. The summed E-state index contributed by atoms with van der Waals surface area (Å²) >= 11 is 4.74. The molecule has 5 heterocycles. The first kappa shape index (κ1) is 44.2. The average molecular weight is 851 g/mol. The number of pyridine rings is 5. The van der Waals surface area contributed by atoms with E-state index in [0.29, 0.717) is 46.3 Å². The van der Waals surface area contributed by atoms with E-state index in [1.165, 1.54) is 18.2 Å². The van der Waals surface area contributed by atoms with Crippen LogP contribution in [0.1, 0.15) is 88.9 Å². The Morgan fingerprint density at radius 1 is 0.516 bits per heavy atom. The lowest BCUT2D eigenvalue weighted by molar-refractivity contribution is 0.0679. The first-order valence-electron chi connectivity index (χ1n) is 19.4. The molecule has 0 radical (unpaired) electrons. The van der Waals surface area contributed by atoms with Gasteiger partial charge >= 0.3 is 17.9 Å². The normalized spacial score (nSPS) is 11.0. The third-order valence-electron chi connectivity index (χ3n) is 9.53. The lowest BCUT2D eigenvalue weighted by Gasteiger charge is -2.24. The van der Waals surface area contributed by atoms with Crippen molar-refractivity contribution in [3.05, 3.63) is 184 Å². The molecule has 0 saturated heterocycles. The van der Waals surface area contributed by atoms with Crippen molar-refractivity contribution in [1.82, 2.24) is 34.7 Å². The summed E-state index contributed by atoms with van der Waals surface area (Å²) in [6.07, 6.45) is 2.28. The van der Waals surface area contributed by atoms with Gasteiger partial charge in [0, 0.05) is 39.3 Å². The zero-order chi connectivity index (χ0) is 44.0. The number of thiocarbonyl (C=S) groups is 1. The fourth-order valence-corrected chi connectivity index (χ4v) is 6.92. The molecule has 5 aromatic heterocycles. The van der Waals surface area contributed by atoms with Crippen LogP contribution in [0.4, 0.5) is 5.69 Å². The Morgan fingerprint density at radius 2 is 0.887 bits per heavy atom. The van der Waals surface area contributed by atoms with Gasteiger partial charge in [-0.15, -0.1) is 0 Å². The van der Waals surface area contributed by atoms with Crippen LogP contribution in [-0.2, 0) is 52.1 Å². The number of aromatic nitrogens is 5. The Kier molecular flexibility index (Phi) is 15.1. The fourth-order valence-electron chi connectivity index (χ4n) is 6.81. The van der Waals surface area contributed by atoms with Crippen LogP contribution >= 0.6 is 12.2 Å². The van der Waals surface area contributed by atoms with Crippen molar-refractivity contribution in [2.24, 2.45) is 4.99 Å². The maximum absolute atomic E-state index is 11.8. The highest BCUT2D eigenvalue weighted by Crippen LogP contribution is 2.21. The van der Waals surface area contributed by atoms with Crippen LogP contribution in [0.25, 0.3) is 5.76 Å². The second-order valence-corrected chi connectivity index (χ2v) is 14.6. The number of benzene rings is 1. The van der Waals surface area contributed by atoms with E-state index in [1.54, 1.807) is 48.5 Å². The van der Waals surface area contributed by atoms with Gasteiger partial charge in [0.25, 0.3) is 0 Å². The van der Waals surface area contributed by atoms with Gasteiger partial charge in [0.05, 0.1) is 45.0 Å². The highest BCUT2D eigenvalue weighted by atomic mass is 32.1. The standard InChI is InChI=1S/C46H42N8O7S/c1-30(55)40-13-3-9-34(49-40)23-53(24-35-10-4-14-41(50-35)44(56)57)27-38-21-32(8-2-7-31-17-19-33(20-18-31)47-29-62)22-39(48-38)28-54(25-36-11-5-15-42(51-36)45(58)59)26-37-12-6-16-43(52-37)46(60)61/h3-6,9-22,55H,1-2,7-8,23-28H2,(H,56,57)(H,58,59)(H,60,61). The second-order valence-electron chi connectivity index (χ2n) is 14.4. The molecule has 6 rings (SSSR count). The number of hydrogen-bond acceptors (Lipinski definition) is 13. The maximum atomic E-state index is 11.8. The highest BCUT2D eigenvalue weighted by molar-refractivity contribution is 7.78. The number of aliphatic hydroxyl groups is 1. The molecular weight excluding hydrogens is 809 g/mol. The Hall–Kier alpha value is -7.36. The van der Waals surface area contributed by atoms with Gasteiger partial charge in [-0.25, -0.2) is 34.3 Å². The number of carbonyl (C=O) groups is 3. The van der Waals surface area contributed by atoms with Crippen molar-refractivity contribution < 1.29 is 34.8 Å². The molecule has 0 amide bonds. The summed E-state index contributed by atoms with van der Waals surface area (Å²) in [5.41, 5.74) is 6.39. The van der Waals surface area contributed by atoms with Crippen molar-refractivity contribution >= 4 is 46.7 Å². The van der Waals surface area contributed by atoms with E-state index in [-0.39, 0.29) is 62.1 Å². The predicted octanol–water partition coefficient (Wildman–Crippen LogP) is 7.60. The Morgan fingerprint density at radius 3 is 1.27 bits per heavy atom. The molecule has 16 heteroatoms. The fraction of sp³-hybridized carbons (Fsp3) is 0.196. The molecule has 4 N–H and O–H groups in total. The minimum atomic E-state index is -1.16. The number of nitrogens with zero attached hydrogens (tertiary/aromatic N) is 8. The van der Waals surface area contributed by atoms with E-state index in [1.807, 2.05) is 52.3 Å². The van der Waals surface area contributed by atoms with E-state index in [4.69, 9.17) is 17.2 Å². The zero-order valence-electron chi connectivity index (χ0n) is 33.5. The van der Waals surface area contributed by atoms with Crippen LogP contribution in [0.5, 0.6) is 0 Å². The van der Waals surface area contributed by atoms with Gasteiger partial charge in [-0.1, -0.05) is 43.0 Å². The molecule has 0 atom stereocenters. The van der Waals surface area contributed by atoms with E-state index >= 15 is 0 Å². The molecular formula is C46H42N8O7S. The molecule has 0 fully saturated rings. The molecule has 0 aliphatic heterocycles. The van der Waals surface area contributed by atoms with Crippen LogP contribution in [-0.4, -0.2) is 78.2 Å². The van der Waals surface area contributed by atoms with Gasteiger partial charge in [0.1, 0.15) is 28.5 Å². The van der Waals surface area contributed by atoms with E-state index < -0.39 is 17.9 Å². The number of isothiocyanates is 1. The smallest absolute Gasteiger partial charge is 0.354 e. The van der Waals surface area contributed by atoms with Gasteiger partial charge in [-0.3, -0.25) is 14.8 Å². The number of aliphatic hydroxyl groups excluding tert-OH is 1. The van der Waals surface area contributed by atoms with Crippen LogP contribution < -0.4 is 0 Å². The summed E-state index contributed by atoms with van der Waals surface area (Å²) in [5, 5.41) is 41.4. The summed E-state index contributed by atoms with van der Waals surface area (Å²) in [6, 6.07) is 31.5. The van der Waals surface area contributed by atoms with Gasteiger partial charge in [0.15, 0.2) is 0 Å². The summed E-state index contributed by atoms with van der Waals surface area (Å²) in [6.45, 7) is 5.07. The summed E-state index contributed by atoms with van der Waals surface area (Å²) in [7, 11) is 0. The monoisotopic (exact) mass is 850 g/mol. The number of rotatable bonds is 21. The molecule has 0 saturated carbocycles. The van der Waals surface area contributed by atoms with Gasteiger partial charge in [0.2, 0.25) is 0 Å². The third-order valence-corrected chi connectivity index (χ3v) is 9.62. The molecule has 1 aromatic carbocycles. The first-order valence-corrected chi connectivity index (χ1v) is 19.8. The minimum absolute atomic E-state index is 0.0884. The molecule has 0 aliphatic rings.